The molecule has 1 fully saturated rings. The number of aryl methyl sites for hydroxylation is 1. The van der Waals surface area contributed by atoms with Gasteiger partial charge in [-0.25, -0.2) is 4.39 Å². The molecule has 106 valence electrons. The highest BCUT2D eigenvalue weighted by Crippen LogP contribution is 2.34. The van der Waals surface area contributed by atoms with E-state index >= 15 is 0 Å². The van der Waals surface area contributed by atoms with Crippen LogP contribution in [0.2, 0.25) is 0 Å². The molecule has 19 heavy (non-hydrogen) atoms. The molecule has 0 bridgehead atoms. The lowest BCUT2D eigenvalue weighted by atomic mass is 9.80. The SMILES string of the molecule is Cn1ccc(CNCC2(F)CCC(C(=O)O)CC2)c1. The molecule has 1 aromatic heterocycles. The Morgan fingerprint density at radius 2 is 2.26 bits per heavy atom. The quantitative estimate of drug-likeness (QED) is 0.860. The first-order chi connectivity index (χ1) is 8.98. The number of carbonyl (C=O) groups is 1. The van der Waals surface area contributed by atoms with Gasteiger partial charge < -0.3 is 15.0 Å². The largest absolute Gasteiger partial charge is 0.481 e. The van der Waals surface area contributed by atoms with Crippen LogP contribution in [0.5, 0.6) is 0 Å². The maximum atomic E-state index is 14.5. The number of alkyl halides is 1. The van der Waals surface area contributed by atoms with Gasteiger partial charge in [-0.3, -0.25) is 4.79 Å². The summed E-state index contributed by atoms with van der Waals surface area (Å²) in [7, 11) is 1.95. The third kappa shape index (κ3) is 3.80. The fourth-order valence-corrected chi connectivity index (χ4v) is 2.66. The summed E-state index contributed by atoms with van der Waals surface area (Å²) in [5, 5.41) is 12.0. The summed E-state index contributed by atoms with van der Waals surface area (Å²) in [5.74, 6) is -1.16. The van der Waals surface area contributed by atoms with Crippen LogP contribution in [0.15, 0.2) is 18.5 Å². The minimum Gasteiger partial charge on any atom is -0.481 e. The van der Waals surface area contributed by atoms with E-state index < -0.39 is 11.6 Å². The third-order valence-electron chi connectivity index (χ3n) is 3.90. The Morgan fingerprint density at radius 1 is 1.58 bits per heavy atom. The van der Waals surface area contributed by atoms with E-state index in [0.29, 0.717) is 38.8 Å². The average molecular weight is 268 g/mol. The molecule has 1 aromatic rings. The zero-order valence-electron chi connectivity index (χ0n) is 11.2. The van der Waals surface area contributed by atoms with Crippen LogP contribution in [0.25, 0.3) is 0 Å². The van der Waals surface area contributed by atoms with E-state index in [2.05, 4.69) is 5.32 Å². The second-order valence-electron chi connectivity index (χ2n) is 5.55. The highest BCUT2D eigenvalue weighted by Gasteiger charge is 2.37. The molecule has 4 nitrogen and oxygen atoms in total. The Morgan fingerprint density at radius 3 is 2.79 bits per heavy atom. The molecule has 0 aromatic carbocycles. The Hall–Kier alpha value is -1.36. The second kappa shape index (κ2) is 5.74. The van der Waals surface area contributed by atoms with Gasteiger partial charge >= 0.3 is 5.97 Å². The van der Waals surface area contributed by atoms with Gasteiger partial charge in [0.15, 0.2) is 0 Å². The summed E-state index contributed by atoms with van der Waals surface area (Å²) in [4.78, 5) is 10.8. The van der Waals surface area contributed by atoms with Crippen molar-refractivity contribution in [3.63, 3.8) is 0 Å². The Kier molecular flexibility index (Phi) is 4.24. The average Bonchev–Trinajstić information content (AvgIpc) is 2.75. The van der Waals surface area contributed by atoms with Crippen molar-refractivity contribution in [2.24, 2.45) is 13.0 Å². The normalized spacial score (nSPS) is 27.4. The molecule has 2 N–H and O–H groups in total. The summed E-state index contributed by atoms with van der Waals surface area (Å²) in [5.41, 5.74) is -0.119. The van der Waals surface area contributed by atoms with Crippen LogP contribution in [0, 0.1) is 5.92 Å². The van der Waals surface area contributed by atoms with E-state index in [1.807, 2.05) is 30.1 Å². The standard InChI is InChI=1S/C14H21FN2O2/c1-17-7-4-11(9-17)8-16-10-14(15)5-2-12(3-6-14)13(18)19/h4,7,9,12,16H,2-3,5-6,8,10H2,1H3,(H,18,19). The van der Waals surface area contributed by atoms with Crippen molar-refractivity contribution < 1.29 is 14.3 Å². The van der Waals surface area contributed by atoms with Crippen LogP contribution in [-0.2, 0) is 18.4 Å². The zero-order valence-corrected chi connectivity index (χ0v) is 11.2. The highest BCUT2D eigenvalue weighted by atomic mass is 19.1. The van der Waals surface area contributed by atoms with Crippen molar-refractivity contribution in [1.82, 2.24) is 9.88 Å². The first kappa shape index (κ1) is 14.1. The molecule has 0 spiro atoms. The third-order valence-corrected chi connectivity index (χ3v) is 3.90. The molecule has 1 aliphatic rings. The van der Waals surface area contributed by atoms with E-state index in [1.165, 1.54) is 0 Å². The maximum Gasteiger partial charge on any atom is 0.306 e. The first-order valence-electron chi connectivity index (χ1n) is 6.72. The number of hydrogen-bond donors (Lipinski definition) is 2. The topological polar surface area (TPSA) is 54.3 Å². The zero-order chi connectivity index (χ0) is 13.9. The smallest absolute Gasteiger partial charge is 0.306 e. The molecule has 1 heterocycles. The minimum atomic E-state index is -1.25. The molecule has 1 aliphatic carbocycles. The van der Waals surface area contributed by atoms with Crippen LogP contribution in [-0.4, -0.2) is 27.9 Å². The van der Waals surface area contributed by atoms with Crippen molar-refractivity contribution in [3.8, 4) is 0 Å². The van der Waals surface area contributed by atoms with Gasteiger partial charge in [0.2, 0.25) is 0 Å². The van der Waals surface area contributed by atoms with Crippen LogP contribution in [0.1, 0.15) is 31.2 Å². The predicted octanol–water partition coefficient (Wildman–Crippen LogP) is 2.10. The van der Waals surface area contributed by atoms with Crippen molar-refractivity contribution in [3.05, 3.63) is 24.0 Å². The van der Waals surface area contributed by atoms with Gasteiger partial charge in [0.05, 0.1) is 5.92 Å². The van der Waals surface area contributed by atoms with E-state index in [4.69, 9.17) is 5.11 Å². The number of nitrogens with zero attached hydrogens (tertiary/aromatic N) is 1. The van der Waals surface area contributed by atoms with E-state index in [0.717, 1.165) is 5.56 Å². The fraction of sp³-hybridized carbons (Fsp3) is 0.643. The summed E-state index contributed by atoms with van der Waals surface area (Å²) in [6.07, 6.45) is 5.52. The van der Waals surface area contributed by atoms with Gasteiger partial charge in [0.25, 0.3) is 0 Å². The Balaban J connectivity index is 1.75. The van der Waals surface area contributed by atoms with Gasteiger partial charge in [-0.2, -0.15) is 0 Å². The molecule has 0 radical (unpaired) electrons. The lowest BCUT2D eigenvalue weighted by Crippen LogP contribution is -2.40. The molecule has 0 atom stereocenters. The molecule has 0 aliphatic heterocycles. The second-order valence-corrected chi connectivity index (χ2v) is 5.55. The van der Waals surface area contributed by atoms with E-state index in [-0.39, 0.29) is 5.92 Å². The molecule has 5 heteroatoms. The first-order valence-corrected chi connectivity index (χ1v) is 6.72. The number of carboxylic acids is 1. The molecule has 1 saturated carbocycles. The molecular weight excluding hydrogens is 247 g/mol. The van der Waals surface area contributed by atoms with Crippen molar-refractivity contribution in [2.45, 2.75) is 37.9 Å². The van der Waals surface area contributed by atoms with Crippen LogP contribution >= 0.6 is 0 Å². The molecule has 0 unspecified atom stereocenters. The maximum absolute atomic E-state index is 14.5. The lowest BCUT2D eigenvalue weighted by Gasteiger charge is -2.32. The lowest BCUT2D eigenvalue weighted by molar-refractivity contribution is -0.143. The number of halogens is 1. The molecular formula is C14H21FN2O2. The van der Waals surface area contributed by atoms with Gasteiger partial charge in [-0.1, -0.05) is 0 Å². The minimum absolute atomic E-state index is 0.300. The Bertz CT molecular complexity index is 436. The number of carboxylic acid groups (broad SMARTS) is 1. The number of aliphatic carboxylic acids is 1. The number of nitrogens with one attached hydrogen (secondary N) is 1. The summed E-state index contributed by atoms with van der Waals surface area (Å²) >= 11 is 0. The van der Waals surface area contributed by atoms with Crippen LogP contribution in [0.4, 0.5) is 4.39 Å². The highest BCUT2D eigenvalue weighted by molar-refractivity contribution is 5.70. The van der Waals surface area contributed by atoms with E-state index in [1.54, 1.807) is 0 Å². The Labute approximate surface area is 112 Å². The van der Waals surface area contributed by atoms with Crippen molar-refractivity contribution >= 4 is 5.97 Å². The molecule has 2 rings (SSSR count). The monoisotopic (exact) mass is 268 g/mol. The van der Waals surface area contributed by atoms with Gasteiger partial charge in [0, 0.05) is 32.5 Å². The predicted molar refractivity (Wildman–Crippen MR) is 70.6 cm³/mol. The van der Waals surface area contributed by atoms with Gasteiger partial charge in [-0.15, -0.1) is 0 Å². The van der Waals surface area contributed by atoms with Gasteiger partial charge in [-0.05, 0) is 37.3 Å². The molecule has 0 amide bonds. The fourth-order valence-electron chi connectivity index (χ4n) is 2.66. The summed E-state index contributed by atoms with van der Waals surface area (Å²) in [6.45, 7) is 0.948. The molecule has 0 saturated heterocycles. The van der Waals surface area contributed by atoms with Crippen LogP contribution < -0.4 is 5.32 Å². The van der Waals surface area contributed by atoms with Crippen molar-refractivity contribution in [2.75, 3.05) is 6.54 Å². The van der Waals surface area contributed by atoms with Crippen molar-refractivity contribution in [1.29, 1.82) is 0 Å². The van der Waals surface area contributed by atoms with Crippen LogP contribution in [0.3, 0.4) is 0 Å². The summed E-state index contributed by atoms with van der Waals surface area (Å²) < 4.78 is 16.4. The van der Waals surface area contributed by atoms with Gasteiger partial charge in [0.1, 0.15) is 5.67 Å². The van der Waals surface area contributed by atoms with E-state index in [9.17, 15) is 9.18 Å². The number of hydrogen-bond acceptors (Lipinski definition) is 2. The number of rotatable bonds is 5. The summed E-state index contributed by atoms with van der Waals surface area (Å²) in [6, 6.07) is 2.00. The number of aromatic nitrogens is 1.